The lowest BCUT2D eigenvalue weighted by Gasteiger charge is -1.97. The molecule has 0 unspecified atom stereocenters. The zero-order chi connectivity index (χ0) is 12.5. The van der Waals surface area contributed by atoms with Gasteiger partial charge in [-0.1, -0.05) is 25.1 Å². The average molecular weight is 237 g/mol. The number of rotatable bonds is 2. The van der Waals surface area contributed by atoms with Crippen molar-refractivity contribution in [2.24, 2.45) is 0 Å². The van der Waals surface area contributed by atoms with Gasteiger partial charge in [-0.25, -0.2) is 4.98 Å². The molecule has 0 radical (unpaired) electrons. The van der Waals surface area contributed by atoms with Crippen LogP contribution in [0, 0.1) is 6.92 Å². The summed E-state index contributed by atoms with van der Waals surface area (Å²) in [5, 5.41) is 0. The largest absolute Gasteiger partial charge is 0.436 e. The van der Waals surface area contributed by atoms with Crippen molar-refractivity contribution in [3.05, 3.63) is 53.6 Å². The summed E-state index contributed by atoms with van der Waals surface area (Å²) in [5.74, 6) is 0.693. The van der Waals surface area contributed by atoms with Crippen molar-refractivity contribution in [3.63, 3.8) is 0 Å². The lowest BCUT2D eigenvalue weighted by Crippen LogP contribution is -1.81. The van der Waals surface area contributed by atoms with Gasteiger partial charge >= 0.3 is 0 Å². The summed E-state index contributed by atoms with van der Waals surface area (Å²) in [5.41, 5.74) is 5.30. The van der Waals surface area contributed by atoms with Crippen LogP contribution in [0.4, 0.5) is 0 Å². The molecule has 0 amide bonds. The van der Waals surface area contributed by atoms with Gasteiger partial charge in [0.25, 0.3) is 0 Å². The molecular weight excluding hydrogens is 222 g/mol. The SMILES string of the molecule is CCc1ccc(-c2nc3ccc(C)cc3o2)cc1. The fourth-order valence-corrected chi connectivity index (χ4v) is 2.04. The fourth-order valence-electron chi connectivity index (χ4n) is 2.04. The van der Waals surface area contributed by atoms with Gasteiger partial charge in [0.05, 0.1) is 0 Å². The second-order valence-corrected chi connectivity index (χ2v) is 4.54. The van der Waals surface area contributed by atoms with E-state index in [4.69, 9.17) is 4.42 Å². The highest BCUT2D eigenvalue weighted by molar-refractivity contribution is 5.76. The fraction of sp³-hybridized carbons (Fsp3) is 0.188. The number of hydrogen-bond donors (Lipinski definition) is 0. The molecule has 0 spiro atoms. The van der Waals surface area contributed by atoms with Crippen LogP contribution in [-0.2, 0) is 6.42 Å². The van der Waals surface area contributed by atoms with Gasteiger partial charge in [-0.15, -0.1) is 0 Å². The maximum Gasteiger partial charge on any atom is 0.227 e. The molecule has 0 bridgehead atoms. The molecule has 1 heterocycles. The molecule has 1 aromatic heterocycles. The third kappa shape index (κ3) is 1.90. The van der Waals surface area contributed by atoms with E-state index >= 15 is 0 Å². The summed E-state index contributed by atoms with van der Waals surface area (Å²) in [6.45, 7) is 4.20. The zero-order valence-corrected chi connectivity index (χ0v) is 10.6. The van der Waals surface area contributed by atoms with Crippen molar-refractivity contribution in [2.75, 3.05) is 0 Å². The molecule has 3 rings (SSSR count). The molecule has 0 N–H and O–H groups in total. The molecule has 3 aromatic rings. The summed E-state index contributed by atoms with van der Waals surface area (Å²) < 4.78 is 5.80. The van der Waals surface area contributed by atoms with Crippen molar-refractivity contribution in [1.82, 2.24) is 4.98 Å². The van der Waals surface area contributed by atoms with Crippen molar-refractivity contribution in [1.29, 1.82) is 0 Å². The molecule has 2 nitrogen and oxygen atoms in total. The molecule has 0 aliphatic heterocycles. The van der Waals surface area contributed by atoms with Crippen molar-refractivity contribution in [2.45, 2.75) is 20.3 Å². The van der Waals surface area contributed by atoms with E-state index in [1.807, 2.05) is 12.1 Å². The first-order valence-electron chi connectivity index (χ1n) is 6.23. The smallest absolute Gasteiger partial charge is 0.227 e. The maximum atomic E-state index is 5.80. The second kappa shape index (κ2) is 4.30. The summed E-state index contributed by atoms with van der Waals surface area (Å²) in [7, 11) is 0. The Hall–Kier alpha value is -2.09. The van der Waals surface area contributed by atoms with Crippen LogP contribution in [0.5, 0.6) is 0 Å². The number of oxazole rings is 1. The third-order valence-electron chi connectivity index (χ3n) is 3.15. The van der Waals surface area contributed by atoms with Crippen molar-refractivity contribution >= 4 is 11.1 Å². The van der Waals surface area contributed by atoms with Crippen molar-refractivity contribution in [3.8, 4) is 11.5 Å². The third-order valence-corrected chi connectivity index (χ3v) is 3.15. The van der Waals surface area contributed by atoms with Gasteiger partial charge in [-0.2, -0.15) is 0 Å². The van der Waals surface area contributed by atoms with E-state index in [0.717, 1.165) is 23.1 Å². The minimum atomic E-state index is 0.693. The molecule has 0 aliphatic rings. The Balaban J connectivity index is 2.07. The van der Waals surface area contributed by atoms with Gasteiger partial charge < -0.3 is 4.42 Å². The van der Waals surface area contributed by atoms with Gasteiger partial charge in [0.15, 0.2) is 5.58 Å². The van der Waals surface area contributed by atoms with Crippen LogP contribution >= 0.6 is 0 Å². The minimum Gasteiger partial charge on any atom is -0.436 e. The molecule has 2 aromatic carbocycles. The molecule has 0 saturated carbocycles. The summed E-state index contributed by atoms with van der Waals surface area (Å²) in [6.07, 6.45) is 1.05. The van der Waals surface area contributed by atoms with Crippen LogP contribution in [0.25, 0.3) is 22.6 Å². The quantitative estimate of drug-likeness (QED) is 0.661. The van der Waals surface area contributed by atoms with E-state index in [-0.39, 0.29) is 0 Å². The predicted octanol–water partition coefficient (Wildman–Crippen LogP) is 4.37. The number of aromatic nitrogens is 1. The first kappa shape index (κ1) is 11.0. The van der Waals surface area contributed by atoms with Gasteiger partial charge in [0.1, 0.15) is 5.52 Å². The van der Waals surface area contributed by atoms with Gasteiger partial charge in [0.2, 0.25) is 5.89 Å². The van der Waals surface area contributed by atoms with Gasteiger partial charge in [-0.05, 0) is 48.7 Å². The van der Waals surface area contributed by atoms with E-state index in [0.29, 0.717) is 5.89 Å². The molecule has 0 fully saturated rings. The Bertz CT molecular complexity index is 680. The van der Waals surface area contributed by atoms with E-state index in [9.17, 15) is 0 Å². The number of aryl methyl sites for hydroxylation is 2. The highest BCUT2D eigenvalue weighted by Gasteiger charge is 2.07. The predicted molar refractivity (Wildman–Crippen MR) is 73.6 cm³/mol. The van der Waals surface area contributed by atoms with Crippen molar-refractivity contribution < 1.29 is 4.42 Å². The van der Waals surface area contributed by atoms with E-state index in [2.05, 4.69) is 49.2 Å². The Labute approximate surface area is 106 Å². The Kier molecular flexibility index (Phi) is 2.63. The summed E-state index contributed by atoms with van der Waals surface area (Å²) in [6, 6.07) is 14.4. The first-order valence-corrected chi connectivity index (χ1v) is 6.23. The lowest BCUT2D eigenvalue weighted by molar-refractivity contribution is 0.619. The maximum absolute atomic E-state index is 5.80. The minimum absolute atomic E-state index is 0.693. The van der Waals surface area contributed by atoms with E-state index < -0.39 is 0 Å². The van der Waals surface area contributed by atoms with Crippen LogP contribution in [0.1, 0.15) is 18.1 Å². The standard InChI is InChI=1S/C16H15NO/c1-3-12-5-7-13(8-6-12)16-17-14-9-4-11(2)10-15(14)18-16/h4-10H,3H2,1-2H3. The molecule has 2 heteroatoms. The highest BCUT2D eigenvalue weighted by Crippen LogP contribution is 2.25. The van der Waals surface area contributed by atoms with E-state index in [1.54, 1.807) is 0 Å². The molecule has 0 atom stereocenters. The number of fused-ring (bicyclic) bond motifs is 1. The van der Waals surface area contributed by atoms with Crippen LogP contribution in [0.2, 0.25) is 0 Å². The number of nitrogens with zero attached hydrogens (tertiary/aromatic N) is 1. The average Bonchev–Trinajstić information content (AvgIpc) is 2.81. The number of benzene rings is 2. The van der Waals surface area contributed by atoms with Gasteiger partial charge in [-0.3, -0.25) is 0 Å². The van der Waals surface area contributed by atoms with Crippen LogP contribution in [0.15, 0.2) is 46.9 Å². The Morgan fingerprint density at radius 2 is 1.83 bits per heavy atom. The highest BCUT2D eigenvalue weighted by atomic mass is 16.3. The van der Waals surface area contributed by atoms with Crippen LogP contribution in [-0.4, -0.2) is 4.98 Å². The second-order valence-electron chi connectivity index (χ2n) is 4.54. The first-order chi connectivity index (χ1) is 8.76. The summed E-state index contributed by atoms with van der Waals surface area (Å²) >= 11 is 0. The Morgan fingerprint density at radius 1 is 1.06 bits per heavy atom. The van der Waals surface area contributed by atoms with Gasteiger partial charge in [0, 0.05) is 5.56 Å². The molecule has 0 saturated heterocycles. The topological polar surface area (TPSA) is 26.0 Å². The molecule has 90 valence electrons. The normalized spacial score (nSPS) is 11.0. The zero-order valence-electron chi connectivity index (χ0n) is 10.6. The van der Waals surface area contributed by atoms with Crippen LogP contribution < -0.4 is 0 Å². The molecular formula is C16H15NO. The number of hydrogen-bond acceptors (Lipinski definition) is 2. The molecule has 0 aliphatic carbocycles. The summed E-state index contributed by atoms with van der Waals surface area (Å²) in [4.78, 5) is 4.51. The van der Waals surface area contributed by atoms with Crippen LogP contribution in [0.3, 0.4) is 0 Å². The Morgan fingerprint density at radius 3 is 2.56 bits per heavy atom. The molecule has 18 heavy (non-hydrogen) atoms. The van der Waals surface area contributed by atoms with E-state index in [1.165, 1.54) is 11.1 Å². The monoisotopic (exact) mass is 237 g/mol. The lowest BCUT2D eigenvalue weighted by atomic mass is 10.1.